The summed E-state index contributed by atoms with van der Waals surface area (Å²) >= 11 is 0. The van der Waals surface area contributed by atoms with Gasteiger partial charge < -0.3 is 9.79 Å². The van der Waals surface area contributed by atoms with Gasteiger partial charge in [0.2, 0.25) is 0 Å². The van der Waals surface area contributed by atoms with Crippen LogP contribution in [0.3, 0.4) is 0 Å². The topological polar surface area (TPSA) is 83.6 Å². The van der Waals surface area contributed by atoms with E-state index in [-0.39, 0.29) is 23.1 Å². The Hall–Kier alpha value is 0.876. The van der Waals surface area contributed by atoms with Crippen LogP contribution in [0.15, 0.2) is 0 Å². The van der Waals surface area contributed by atoms with Crippen molar-refractivity contribution in [2.45, 2.75) is 0 Å². The van der Waals surface area contributed by atoms with E-state index >= 15 is 0 Å². The van der Waals surface area contributed by atoms with Gasteiger partial charge in [-0.3, -0.25) is 0 Å². The van der Waals surface area contributed by atoms with Crippen LogP contribution in [0.1, 0.15) is 0 Å². The van der Waals surface area contributed by atoms with Gasteiger partial charge >= 0.3 is 30.8 Å². The van der Waals surface area contributed by atoms with Crippen LogP contribution in [0, 0.1) is 0 Å². The van der Waals surface area contributed by atoms with E-state index in [1.54, 1.807) is 0 Å². The Kier molecular flexibility index (Phi) is 4.92. The lowest BCUT2D eigenvalue weighted by Crippen LogP contribution is -1.87. The van der Waals surface area contributed by atoms with Crippen molar-refractivity contribution in [3.63, 3.8) is 0 Å². The molecule has 0 radical (unpaired) electrons. The molecule has 0 spiro atoms. The van der Waals surface area contributed by atoms with Crippen LogP contribution >= 0.6 is 7.75 Å². The van der Waals surface area contributed by atoms with Crippen molar-refractivity contribution in [2.75, 3.05) is 0 Å². The highest BCUT2D eigenvalue weighted by atomic mass is 31.2. The summed E-state index contributed by atoms with van der Waals surface area (Å²) in [6.07, 6.45) is 0. The maximum absolute atomic E-state index is 9.10. The molecule has 0 saturated heterocycles. The van der Waals surface area contributed by atoms with E-state index < -0.39 is 7.75 Å². The van der Waals surface area contributed by atoms with Crippen molar-refractivity contribution >= 4 is 30.8 Å². The van der Waals surface area contributed by atoms with E-state index in [1.807, 2.05) is 0 Å². The molecule has 4 nitrogen and oxygen atoms in total. The van der Waals surface area contributed by atoms with Crippen molar-refractivity contribution in [1.29, 1.82) is 0 Å². The van der Waals surface area contributed by atoms with E-state index in [9.17, 15) is 0 Å². The molecule has 0 aliphatic heterocycles. The Bertz CT molecular complexity index is 56.9. The Morgan fingerprint density at radius 1 is 1.50 bits per heavy atom. The monoisotopic (exact) mass is 123 g/mol. The fourth-order valence-electron chi connectivity index (χ4n) is 0. The maximum Gasteiger partial charge on any atom is 0.397 e. The number of rotatable bonds is 0. The lowest BCUT2D eigenvalue weighted by atomic mass is 13.9. The molecule has 0 aromatic carbocycles. The second-order valence-corrected chi connectivity index (χ2v) is 1.77. The molecule has 0 saturated carbocycles. The first-order valence-electron chi connectivity index (χ1n) is 0.841. The van der Waals surface area contributed by atoms with Crippen molar-refractivity contribution in [2.24, 2.45) is 5.50 Å². The molecule has 6 heavy (non-hydrogen) atoms. The summed E-state index contributed by atoms with van der Waals surface area (Å²) in [5.74, 6) is 0. The normalized spacial score (nSPS) is 9.83. The number of nitrogens with two attached hydrogens (primary N) is 1. The fraction of sp³-hybridized carbons (Fsp3) is 0. The molecule has 0 aromatic rings. The van der Waals surface area contributed by atoms with E-state index in [0.717, 1.165) is 0 Å². The third-order valence-corrected chi connectivity index (χ3v) is 0. The van der Waals surface area contributed by atoms with Gasteiger partial charge in [0.15, 0.2) is 0 Å². The average molecular weight is 123 g/mol. The highest BCUT2D eigenvalue weighted by molar-refractivity contribution is 7.49. The molecule has 36 valence electrons. The van der Waals surface area contributed by atoms with E-state index in [2.05, 4.69) is 5.50 Å². The Morgan fingerprint density at radius 3 is 1.50 bits per heavy atom. The van der Waals surface area contributed by atoms with Gasteiger partial charge in [0.05, 0.1) is 0 Å². The highest BCUT2D eigenvalue weighted by Gasteiger charge is 1.96. The van der Waals surface area contributed by atoms with E-state index in [1.165, 1.54) is 0 Å². The van der Waals surface area contributed by atoms with Crippen molar-refractivity contribution in [3.05, 3.63) is 0 Å². The number of hydrogen-bond acceptors (Lipinski definition) is 1. The summed E-state index contributed by atoms with van der Waals surface area (Å²) in [4.78, 5) is 14.8. The van der Waals surface area contributed by atoms with Crippen LogP contribution in [0.4, 0.5) is 0 Å². The van der Waals surface area contributed by atoms with Gasteiger partial charge in [-0.15, -0.1) is 0 Å². The molecule has 0 aliphatic carbocycles. The van der Waals surface area contributed by atoms with Gasteiger partial charge in [-0.2, -0.15) is 0 Å². The van der Waals surface area contributed by atoms with Crippen molar-refractivity contribution in [1.82, 2.24) is 0 Å². The molecule has 4 N–H and O–H groups in total. The smallest absolute Gasteiger partial charge is 0.313 e. The summed E-state index contributed by atoms with van der Waals surface area (Å²) in [7, 11) is -4.14. The van der Waals surface area contributed by atoms with Crippen LogP contribution in [-0.2, 0) is 4.57 Å². The first-order valence-corrected chi connectivity index (χ1v) is 2.52. The first kappa shape index (κ1) is 9.99. The molecule has 0 bridgehead atoms. The highest BCUT2D eigenvalue weighted by Crippen LogP contribution is 2.20. The van der Waals surface area contributed by atoms with Gasteiger partial charge in [0, 0.05) is 0 Å². The molecule has 0 heterocycles. The second-order valence-electron chi connectivity index (χ2n) is 0.589. The predicted octanol–water partition coefficient (Wildman–Crippen LogP) is -1.88. The minimum absolute atomic E-state index is 0. The molecule has 0 atom stereocenters. The molecule has 0 aliphatic rings. The standard InChI is InChI=1S/Mg.H4NO3P.2H/c;1-5(2,3)4;;/h;(H4,1,2,3,4);;. The number of hydrogen-bond donors (Lipinski definition) is 3. The van der Waals surface area contributed by atoms with E-state index in [0.29, 0.717) is 0 Å². The largest absolute Gasteiger partial charge is 0.397 e. The van der Waals surface area contributed by atoms with Gasteiger partial charge in [-0.05, 0) is 0 Å². The summed E-state index contributed by atoms with van der Waals surface area (Å²) in [6.45, 7) is 0. The average Bonchev–Trinajstić information content (AvgIpc) is 0.722. The minimum Gasteiger partial charge on any atom is -0.313 e. The molecular formula is H6MgNO3P. The van der Waals surface area contributed by atoms with Crippen LogP contribution in [0.2, 0.25) is 0 Å². The van der Waals surface area contributed by atoms with Crippen molar-refractivity contribution in [3.8, 4) is 0 Å². The zero-order valence-electron chi connectivity index (χ0n) is 2.33. The second kappa shape index (κ2) is 2.96. The molecule has 0 rings (SSSR count). The lowest BCUT2D eigenvalue weighted by molar-refractivity contribution is 0.374. The Balaban J connectivity index is 0. The zero-order chi connectivity index (χ0) is 4.50. The summed E-state index contributed by atoms with van der Waals surface area (Å²) in [5, 5.41) is 0. The van der Waals surface area contributed by atoms with Crippen LogP contribution < -0.4 is 5.50 Å². The molecule has 0 aromatic heterocycles. The SMILES string of the molecule is NP(=O)(O)O.[MgH2]. The van der Waals surface area contributed by atoms with Gasteiger partial charge in [0.1, 0.15) is 0 Å². The summed E-state index contributed by atoms with van der Waals surface area (Å²) in [5.41, 5.74) is 4.02. The Morgan fingerprint density at radius 2 is 1.50 bits per heavy atom. The maximum atomic E-state index is 9.10. The Labute approximate surface area is 51.1 Å². The fourth-order valence-corrected chi connectivity index (χ4v) is 0. The lowest BCUT2D eigenvalue weighted by Gasteiger charge is -1.84. The van der Waals surface area contributed by atoms with Gasteiger partial charge in [-0.25, -0.2) is 10.1 Å². The van der Waals surface area contributed by atoms with Crippen LogP contribution in [0.5, 0.6) is 0 Å². The summed E-state index contributed by atoms with van der Waals surface area (Å²) < 4.78 is 9.10. The molecule has 0 unspecified atom stereocenters. The minimum atomic E-state index is -4.14. The third-order valence-electron chi connectivity index (χ3n) is 0. The van der Waals surface area contributed by atoms with Crippen LogP contribution in [-0.4, -0.2) is 32.8 Å². The van der Waals surface area contributed by atoms with E-state index in [4.69, 9.17) is 14.4 Å². The quantitative estimate of drug-likeness (QED) is 0.260. The predicted molar refractivity (Wildman–Crippen MR) is 24.8 cm³/mol. The van der Waals surface area contributed by atoms with Gasteiger partial charge in [-0.1, -0.05) is 0 Å². The summed E-state index contributed by atoms with van der Waals surface area (Å²) in [6, 6.07) is 0. The van der Waals surface area contributed by atoms with Crippen LogP contribution in [0.25, 0.3) is 0 Å². The third kappa shape index (κ3) is 95.4. The molecule has 0 amide bonds. The zero-order valence-corrected chi connectivity index (χ0v) is 3.22. The van der Waals surface area contributed by atoms with Crippen molar-refractivity contribution < 1.29 is 14.4 Å². The van der Waals surface area contributed by atoms with Gasteiger partial charge in [0.25, 0.3) is 0 Å². The molecule has 6 heteroatoms. The first-order chi connectivity index (χ1) is 2.00. The molecular weight excluding hydrogens is 117 g/mol. The molecule has 0 fully saturated rings.